The van der Waals surface area contributed by atoms with E-state index >= 15 is 0 Å². The molecule has 1 saturated heterocycles. The molecule has 2 N–H and O–H groups in total. The minimum Gasteiger partial charge on any atom is -0.491 e. The summed E-state index contributed by atoms with van der Waals surface area (Å²) in [6.45, 7) is 5.27. The first-order chi connectivity index (χ1) is 15.7. The summed E-state index contributed by atoms with van der Waals surface area (Å²) in [4.78, 5) is 17.1. The number of ether oxygens (including phenoxy) is 2. The Morgan fingerprint density at radius 3 is 2.74 bits per heavy atom. The summed E-state index contributed by atoms with van der Waals surface area (Å²) >= 11 is 0. The molecule has 34 heavy (non-hydrogen) atoms. The molecule has 2 aromatic rings. The zero-order chi connectivity index (χ0) is 21.9. The van der Waals surface area contributed by atoms with Crippen LogP contribution in [0.2, 0.25) is 0 Å². The van der Waals surface area contributed by atoms with Crippen molar-refractivity contribution in [3.8, 4) is 11.5 Å². The number of fused-ring (bicyclic) bond motifs is 2. The van der Waals surface area contributed by atoms with E-state index in [1.54, 1.807) is 11.0 Å². The number of amides is 1. The normalized spacial score (nSPS) is 20.7. The fourth-order valence-corrected chi connectivity index (χ4v) is 4.83. The second-order valence-corrected chi connectivity index (χ2v) is 8.90. The molecular formula is C25H33Cl2N3O4. The Morgan fingerprint density at radius 2 is 1.94 bits per heavy atom. The molecule has 2 atom stereocenters. The van der Waals surface area contributed by atoms with Gasteiger partial charge in [-0.1, -0.05) is 24.3 Å². The van der Waals surface area contributed by atoms with Crippen LogP contribution in [0.15, 0.2) is 42.5 Å². The first-order valence-corrected chi connectivity index (χ1v) is 11.6. The minimum atomic E-state index is -0.608. The second kappa shape index (κ2) is 12.1. The highest BCUT2D eigenvalue weighted by Gasteiger charge is 2.27. The number of hydrogen-bond acceptors (Lipinski definition) is 6. The van der Waals surface area contributed by atoms with E-state index in [0.29, 0.717) is 37.6 Å². The number of β-amino-alcohol motifs (C(OH)–C–C–N with tert-alkyl or cyclic N) is 1. The highest BCUT2D eigenvalue weighted by molar-refractivity contribution is 5.97. The average Bonchev–Trinajstić information content (AvgIpc) is 3.26. The van der Waals surface area contributed by atoms with Crippen molar-refractivity contribution in [1.82, 2.24) is 15.1 Å². The average molecular weight is 510 g/mol. The Labute approximate surface area is 213 Å². The predicted octanol–water partition coefficient (Wildman–Crippen LogP) is 2.52. The van der Waals surface area contributed by atoms with Crippen molar-refractivity contribution in [1.29, 1.82) is 0 Å². The highest BCUT2D eigenvalue weighted by atomic mass is 35.5. The van der Waals surface area contributed by atoms with Crippen molar-refractivity contribution >= 4 is 30.7 Å². The fourth-order valence-electron chi connectivity index (χ4n) is 4.83. The first kappa shape index (κ1) is 26.6. The van der Waals surface area contributed by atoms with Crippen molar-refractivity contribution in [2.24, 2.45) is 0 Å². The molecule has 3 aliphatic rings. The van der Waals surface area contributed by atoms with Gasteiger partial charge in [-0.2, -0.15) is 0 Å². The molecule has 1 amide bonds. The lowest BCUT2D eigenvalue weighted by molar-refractivity contribution is 0.0501. The molecular weight excluding hydrogens is 477 g/mol. The zero-order valence-corrected chi connectivity index (χ0v) is 20.8. The van der Waals surface area contributed by atoms with Gasteiger partial charge < -0.3 is 24.8 Å². The molecule has 7 nitrogen and oxygen atoms in total. The Kier molecular flexibility index (Phi) is 9.45. The molecule has 186 valence electrons. The molecule has 1 fully saturated rings. The largest absolute Gasteiger partial charge is 0.491 e. The number of carbonyl (C=O) groups is 1. The number of aliphatic hydroxyl groups is 1. The number of halogens is 2. The topological polar surface area (TPSA) is 74.3 Å². The lowest BCUT2D eigenvalue weighted by Crippen LogP contribution is -2.44. The van der Waals surface area contributed by atoms with Crippen LogP contribution in [0.5, 0.6) is 11.5 Å². The van der Waals surface area contributed by atoms with Gasteiger partial charge in [0.25, 0.3) is 5.91 Å². The Balaban J connectivity index is 0.00000162. The number of nitrogens with one attached hydrogen (secondary N) is 1. The smallest absolute Gasteiger partial charge is 0.257 e. The third-order valence-corrected chi connectivity index (χ3v) is 6.52. The highest BCUT2D eigenvalue weighted by Crippen LogP contribution is 2.29. The van der Waals surface area contributed by atoms with Gasteiger partial charge in [-0.15, -0.1) is 24.8 Å². The summed E-state index contributed by atoms with van der Waals surface area (Å²) in [5, 5.41) is 14.0. The van der Waals surface area contributed by atoms with Crippen LogP contribution in [0.3, 0.4) is 0 Å². The number of benzene rings is 2. The van der Waals surface area contributed by atoms with E-state index in [0.717, 1.165) is 44.8 Å². The standard InChI is InChI=1S/C25H31N3O4.2ClH/c29-20(16-27-10-8-18-3-1-2-4-19(18)15-27)17-28-11-12-31-24-13-21(5-6-23(24)25(28)30)32-22-7-9-26-14-22;;/h1-6,13,20,22,26,29H,7-12,14-17H2;2*1H/t20-,22+;;/m1../s1. The van der Waals surface area contributed by atoms with E-state index in [-0.39, 0.29) is 36.8 Å². The first-order valence-electron chi connectivity index (χ1n) is 11.6. The van der Waals surface area contributed by atoms with E-state index in [4.69, 9.17) is 9.47 Å². The molecule has 0 spiro atoms. The van der Waals surface area contributed by atoms with Gasteiger partial charge in [0.15, 0.2) is 0 Å². The lowest BCUT2D eigenvalue weighted by Gasteiger charge is -2.32. The monoisotopic (exact) mass is 509 g/mol. The Morgan fingerprint density at radius 1 is 1.12 bits per heavy atom. The maximum atomic E-state index is 13.2. The second-order valence-electron chi connectivity index (χ2n) is 8.90. The van der Waals surface area contributed by atoms with Crippen molar-refractivity contribution in [3.05, 3.63) is 59.2 Å². The van der Waals surface area contributed by atoms with Crippen LogP contribution in [0.1, 0.15) is 27.9 Å². The third-order valence-electron chi connectivity index (χ3n) is 6.52. The number of carbonyl (C=O) groups excluding carboxylic acids is 1. The number of hydrogen-bond donors (Lipinski definition) is 2. The molecule has 3 aliphatic heterocycles. The zero-order valence-electron chi connectivity index (χ0n) is 19.2. The SMILES string of the molecule is Cl.Cl.O=C1c2ccc(O[C@H]3CCNC3)cc2OCCN1C[C@H](O)CN1CCc2ccccc2C1. The molecule has 0 radical (unpaired) electrons. The molecule has 0 unspecified atom stereocenters. The summed E-state index contributed by atoms with van der Waals surface area (Å²) in [5.74, 6) is 1.18. The molecule has 0 saturated carbocycles. The summed E-state index contributed by atoms with van der Waals surface area (Å²) in [5.41, 5.74) is 3.24. The number of nitrogens with zero attached hydrogens (tertiary/aromatic N) is 2. The van der Waals surface area contributed by atoms with Gasteiger partial charge in [0.2, 0.25) is 0 Å². The van der Waals surface area contributed by atoms with Crippen LogP contribution < -0.4 is 14.8 Å². The summed E-state index contributed by atoms with van der Waals surface area (Å²) < 4.78 is 11.9. The van der Waals surface area contributed by atoms with Crippen molar-refractivity contribution in [2.45, 2.75) is 31.6 Å². The van der Waals surface area contributed by atoms with E-state index in [9.17, 15) is 9.90 Å². The third kappa shape index (κ3) is 6.15. The van der Waals surface area contributed by atoms with Crippen LogP contribution >= 0.6 is 24.8 Å². The van der Waals surface area contributed by atoms with Crippen LogP contribution in [-0.2, 0) is 13.0 Å². The molecule has 5 rings (SSSR count). The van der Waals surface area contributed by atoms with E-state index in [2.05, 4.69) is 34.5 Å². The molecule has 2 aromatic carbocycles. The summed E-state index contributed by atoms with van der Waals surface area (Å²) in [7, 11) is 0. The summed E-state index contributed by atoms with van der Waals surface area (Å²) in [6.07, 6.45) is 1.52. The van der Waals surface area contributed by atoms with Gasteiger partial charge >= 0.3 is 0 Å². The molecule has 9 heteroatoms. The van der Waals surface area contributed by atoms with Gasteiger partial charge in [-0.3, -0.25) is 9.69 Å². The summed E-state index contributed by atoms with van der Waals surface area (Å²) in [6, 6.07) is 13.9. The lowest BCUT2D eigenvalue weighted by atomic mass is 10.00. The number of aliphatic hydroxyl groups excluding tert-OH is 1. The minimum absolute atomic E-state index is 0. The van der Waals surface area contributed by atoms with Gasteiger partial charge in [-0.25, -0.2) is 0 Å². The Bertz CT molecular complexity index is 971. The van der Waals surface area contributed by atoms with Gasteiger partial charge in [0.1, 0.15) is 24.2 Å². The molecule has 0 aromatic heterocycles. The molecule has 0 aliphatic carbocycles. The quantitative estimate of drug-likeness (QED) is 0.623. The van der Waals surface area contributed by atoms with E-state index in [1.807, 2.05) is 12.1 Å². The van der Waals surface area contributed by atoms with Crippen LogP contribution in [0.4, 0.5) is 0 Å². The molecule has 3 heterocycles. The van der Waals surface area contributed by atoms with Gasteiger partial charge in [0.05, 0.1) is 18.2 Å². The maximum absolute atomic E-state index is 13.2. The van der Waals surface area contributed by atoms with E-state index in [1.165, 1.54) is 11.1 Å². The van der Waals surface area contributed by atoms with Crippen molar-refractivity contribution in [2.75, 3.05) is 45.9 Å². The maximum Gasteiger partial charge on any atom is 0.257 e. The predicted molar refractivity (Wildman–Crippen MR) is 136 cm³/mol. The van der Waals surface area contributed by atoms with Gasteiger partial charge in [-0.05, 0) is 42.6 Å². The fraction of sp³-hybridized carbons (Fsp3) is 0.480. The van der Waals surface area contributed by atoms with Crippen LogP contribution in [0.25, 0.3) is 0 Å². The van der Waals surface area contributed by atoms with E-state index < -0.39 is 6.10 Å². The van der Waals surface area contributed by atoms with Crippen molar-refractivity contribution in [3.63, 3.8) is 0 Å². The number of rotatable bonds is 6. The Hall–Kier alpha value is -2.03. The van der Waals surface area contributed by atoms with Crippen LogP contribution in [-0.4, -0.2) is 78.9 Å². The molecule has 0 bridgehead atoms. The van der Waals surface area contributed by atoms with Gasteiger partial charge in [0, 0.05) is 38.8 Å². The van der Waals surface area contributed by atoms with Crippen molar-refractivity contribution < 1.29 is 19.4 Å². The van der Waals surface area contributed by atoms with Crippen LogP contribution in [0, 0.1) is 0 Å².